The fraction of sp³-hybridized carbons (Fsp3) is 0.294. The van der Waals surface area contributed by atoms with Crippen LogP contribution >= 0.6 is 10.0 Å². The molecule has 0 spiro atoms. The molecular formula is C17H24S. The zero-order valence-corrected chi connectivity index (χ0v) is 12.8. The second-order valence-corrected chi connectivity index (χ2v) is 9.36. The summed E-state index contributed by atoms with van der Waals surface area (Å²) in [7, 11) is -1.12. The molecule has 0 saturated carbocycles. The van der Waals surface area contributed by atoms with Crippen LogP contribution in [0.25, 0.3) is 0 Å². The Kier molecular flexibility index (Phi) is 4.64. The molecule has 0 N–H and O–H groups in total. The monoisotopic (exact) mass is 260 g/mol. The van der Waals surface area contributed by atoms with Gasteiger partial charge in [-0.05, 0) is 32.9 Å². The molecule has 0 aliphatic rings. The zero-order valence-electron chi connectivity index (χ0n) is 11.9. The van der Waals surface area contributed by atoms with Gasteiger partial charge in [0.05, 0.1) is 0 Å². The van der Waals surface area contributed by atoms with Crippen LogP contribution in [-0.4, -0.2) is 11.0 Å². The normalized spacial score (nSPS) is 17.7. The lowest BCUT2D eigenvalue weighted by atomic mass is 10.3. The Morgan fingerprint density at radius 3 is 2.06 bits per heavy atom. The zero-order chi connectivity index (χ0) is 13.8. The lowest BCUT2D eigenvalue weighted by molar-refractivity contribution is 0.787. The van der Waals surface area contributed by atoms with E-state index in [0.717, 1.165) is 0 Å². The minimum absolute atomic E-state index is 0.178. The second-order valence-electron chi connectivity index (χ2n) is 5.35. The molecule has 0 fully saturated rings. The van der Waals surface area contributed by atoms with E-state index < -0.39 is 10.0 Å². The van der Waals surface area contributed by atoms with Crippen LogP contribution in [-0.2, 0) is 0 Å². The summed E-state index contributed by atoms with van der Waals surface area (Å²) in [6.45, 7) is 14.7. The predicted octanol–water partition coefficient (Wildman–Crippen LogP) is 5.53. The summed E-state index contributed by atoms with van der Waals surface area (Å²) in [5.74, 6) is 0. The van der Waals surface area contributed by atoms with Gasteiger partial charge in [-0.1, -0.05) is 70.4 Å². The van der Waals surface area contributed by atoms with Crippen LogP contribution in [0.3, 0.4) is 0 Å². The SMILES string of the molecule is C=C/C=C(\C=C)S(C)(c1ccccc1)C(C)(C)C. The molecule has 1 rings (SSSR count). The maximum Gasteiger partial charge on any atom is -0.000784 e. The fourth-order valence-electron chi connectivity index (χ4n) is 2.02. The van der Waals surface area contributed by atoms with Crippen molar-refractivity contribution >= 4 is 10.0 Å². The van der Waals surface area contributed by atoms with Gasteiger partial charge in [0.25, 0.3) is 0 Å². The molecule has 0 amide bonds. The Labute approximate surface area is 113 Å². The quantitative estimate of drug-likeness (QED) is 0.624. The molecule has 0 bridgehead atoms. The highest BCUT2D eigenvalue weighted by Gasteiger charge is 2.35. The molecule has 18 heavy (non-hydrogen) atoms. The van der Waals surface area contributed by atoms with Crippen molar-refractivity contribution in [1.82, 2.24) is 0 Å². The first-order valence-corrected chi connectivity index (χ1v) is 8.20. The smallest absolute Gasteiger partial charge is 0.000784 e. The number of allylic oxidation sites excluding steroid dienone is 3. The van der Waals surface area contributed by atoms with E-state index in [9.17, 15) is 0 Å². The third-order valence-electron chi connectivity index (χ3n) is 3.39. The third kappa shape index (κ3) is 2.62. The number of hydrogen-bond donors (Lipinski definition) is 0. The van der Waals surface area contributed by atoms with Crippen molar-refractivity contribution in [2.45, 2.75) is 30.4 Å². The van der Waals surface area contributed by atoms with E-state index in [1.54, 1.807) is 0 Å². The van der Waals surface area contributed by atoms with Crippen LogP contribution in [0.1, 0.15) is 20.8 Å². The molecule has 1 atom stereocenters. The van der Waals surface area contributed by atoms with Crippen LogP contribution in [0.2, 0.25) is 0 Å². The maximum absolute atomic E-state index is 3.99. The molecule has 0 nitrogen and oxygen atoms in total. The van der Waals surface area contributed by atoms with Gasteiger partial charge in [-0.2, -0.15) is 10.0 Å². The van der Waals surface area contributed by atoms with Crippen LogP contribution in [0.5, 0.6) is 0 Å². The minimum Gasteiger partial charge on any atom is -0.186 e. The lowest BCUT2D eigenvalue weighted by Crippen LogP contribution is -2.25. The van der Waals surface area contributed by atoms with Crippen LogP contribution in [0, 0.1) is 0 Å². The van der Waals surface area contributed by atoms with Crippen LogP contribution in [0.4, 0.5) is 0 Å². The minimum atomic E-state index is -1.12. The summed E-state index contributed by atoms with van der Waals surface area (Å²) in [6.07, 6.45) is 8.30. The van der Waals surface area contributed by atoms with E-state index in [-0.39, 0.29) is 4.75 Å². The lowest BCUT2D eigenvalue weighted by Gasteiger charge is -2.49. The summed E-state index contributed by atoms with van der Waals surface area (Å²) in [5.41, 5.74) is 0. The van der Waals surface area contributed by atoms with E-state index in [4.69, 9.17) is 0 Å². The van der Waals surface area contributed by atoms with Crippen molar-refractivity contribution in [3.05, 3.63) is 66.6 Å². The highest BCUT2D eigenvalue weighted by molar-refractivity contribution is 8.37. The molecule has 0 heterocycles. The Balaban J connectivity index is 3.51. The highest BCUT2D eigenvalue weighted by atomic mass is 32.3. The molecule has 1 aromatic carbocycles. The summed E-state index contributed by atoms with van der Waals surface area (Å²) in [5, 5.41) is 0. The highest BCUT2D eigenvalue weighted by Crippen LogP contribution is 2.68. The topological polar surface area (TPSA) is 0 Å². The third-order valence-corrected chi connectivity index (χ3v) is 8.30. The van der Waals surface area contributed by atoms with Gasteiger partial charge in [-0.25, -0.2) is 0 Å². The first-order valence-electron chi connectivity index (χ1n) is 6.16. The molecule has 0 radical (unpaired) electrons. The maximum atomic E-state index is 3.99. The van der Waals surface area contributed by atoms with Gasteiger partial charge in [0.15, 0.2) is 0 Å². The summed E-state index contributed by atoms with van der Waals surface area (Å²) < 4.78 is 0.178. The average molecular weight is 260 g/mol. The first kappa shape index (κ1) is 14.8. The summed E-state index contributed by atoms with van der Waals surface area (Å²) in [4.78, 5) is 2.68. The van der Waals surface area contributed by atoms with E-state index in [1.807, 2.05) is 12.2 Å². The molecule has 1 aromatic rings. The predicted molar refractivity (Wildman–Crippen MR) is 86.5 cm³/mol. The van der Waals surface area contributed by atoms with Gasteiger partial charge < -0.3 is 0 Å². The van der Waals surface area contributed by atoms with Crippen molar-refractivity contribution in [3.63, 3.8) is 0 Å². The van der Waals surface area contributed by atoms with Crippen molar-refractivity contribution < 1.29 is 0 Å². The van der Waals surface area contributed by atoms with Gasteiger partial charge >= 0.3 is 0 Å². The van der Waals surface area contributed by atoms with Crippen LogP contribution < -0.4 is 0 Å². The Morgan fingerprint density at radius 1 is 1.11 bits per heavy atom. The Bertz CT molecular complexity index is 448. The summed E-state index contributed by atoms with van der Waals surface area (Å²) in [6, 6.07) is 10.7. The average Bonchev–Trinajstić information content (AvgIpc) is 2.34. The fourth-order valence-corrected chi connectivity index (χ4v) is 5.11. The van der Waals surface area contributed by atoms with Gasteiger partial charge in [0.2, 0.25) is 0 Å². The van der Waals surface area contributed by atoms with E-state index >= 15 is 0 Å². The molecule has 0 aromatic heterocycles. The van der Waals surface area contributed by atoms with Crippen molar-refractivity contribution in [3.8, 4) is 0 Å². The van der Waals surface area contributed by atoms with E-state index in [2.05, 4.69) is 76.6 Å². The largest absolute Gasteiger partial charge is 0.186 e. The molecule has 98 valence electrons. The van der Waals surface area contributed by atoms with Gasteiger partial charge in [0.1, 0.15) is 0 Å². The number of rotatable bonds is 4. The molecular weight excluding hydrogens is 236 g/mol. The molecule has 0 aliphatic heterocycles. The molecule has 1 unspecified atom stereocenters. The van der Waals surface area contributed by atoms with E-state index in [0.29, 0.717) is 0 Å². The standard InChI is InChI=1S/C17H24S/c1-7-12-15(8-2)18(6,17(3,4)5)16-13-10-9-11-14-16/h7-14H,1-2H2,3-6H3/b15-12+. The molecule has 0 aliphatic carbocycles. The Morgan fingerprint density at radius 2 is 1.67 bits per heavy atom. The van der Waals surface area contributed by atoms with Crippen molar-refractivity contribution in [1.29, 1.82) is 0 Å². The summed E-state index contributed by atoms with van der Waals surface area (Å²) >= 11 is 0. The first-order chi connectivity index (χ1) is 8.37. The van der Waals surface area contributed by atoms with Gasteiger partial charge in [-0.15, -0.1) is 0 Å². The van der Waals surface area contributed by atoms with Crippen molar-refractivity contribution in [2.75, 3.05) is 6.26 Å². The van der Waals surface area contributed by atoms with Crippen molar-refractivity contribution in [2.24, 2.45) is 0 Å². The van der Waals surface area contributed by atoms with Crippen LogP contribution in [0.15, 0.2) is 71.5 Å². The number of benzene rings is 1. The van der Waals surface area contributed by atoms with Gasteiger partial charge in [0, 0.05) is 0 Å². The molecule has 1 heteroatoms. The van der Waals surface area contributed by atoms with E-state index in [1.165, 1.54) is 9.80 Å². The van der Waals surface area contributed by atoms with Gasteiger partial charge in [-0.3, -0.25) is 0 Å². The molecule has 0 saturated heterocycles. The number of hydrogen-bond acceptors (Lipinski definition) is 0. The second kappa shape index (κ2) is 5.62. The Hall–Kier alpha value is -1.21.